The Morgan fingerprint density at radius 2 is 1.81 bits per heavy atom. The molecule has 7 nitrogen and oxygen atoms in total. The topological polar surface area (TPSA) is 107 Å². The summed E-state index contributed by atoms with van der Waals surface area (Å²) in [5.41, 5.74) is 1.92. The molecular formula is C24H25N3O4S. The molecule has 0 saturated carbocycles. The van der Waals surface area contributed by atoms with E-state index in [1.54, 1.807) is 0 Å². The van der Waals surface area contributed by atoms with Crippen LogP contribution in [0.1, 0.15) is 5.56 Å². The molecule has 0 aliphatic rings. The summed E-state index contributed by atoms with van der Waals surface area (Å²) in [6.45, 7) is 1.38. The lowest BCUT2D eigenvalue weighted by Gasteiger charge is -2.14. The maximum Gasteiger partial charge on any atom is 0.309 e. The zero-order valence-corrected chi connectivity index (χ0v) is 18.2. The van der Waals surface area contributed by atoms with Crippen LogP contribution in [0.25, 0.3) is 10.8 Å². The van der Waals surface area contributed by atoms with Crippen LogP contribution in [0.3, 0.4) is 0 Å². The summed E-state index contributed by atoms with van der Waals surface area (Å²) in [6, 6.07) is 21.7. The number of H-pyrrole nitrogens is 1. The average Bonchev–Trinajstić information content (AvgIpc) is 3.12. The van der Waals surface area contributed by atoms with Crippen molar-refractivity contribution in [3.63, 3.8) is 0 Å². The highest BCUT2D eigenvalue weighted by molar-refractivity contribution is 7.13. The molecule has 4 aromatic rings. The highest BCUT2D eigenvalue weighted by atomic mass is 32.1. The van der Waals surface area contributed by atoms with Gasteiger partial charge in [0.2, 0.25) is 5.88 Å². The van der Waals surface area contributed by atoms with Crippen molar-refractivity contribution in [2.75, 3.05) is 25.0 Å². The molecule has 0 radical (unpaired) electrons. The first-order valence-electron chi connectivity index (χ1n) is 10.4. The van der Waals surface area contributed by atoms with Gasteiger partial charge < -0.3 is 25.6 Å². The predicted molar refractivity (Wildman–Crippen MR) is 128 cm³/mol. The average molecular weight is 452 g/mol. The number of hydrogen-bond acceptors (Lipinski definition) is 7. The lowest BCUT2D eigenvalue weighted by Crippen LogP contribution is -2.32. The molecule has 3 aromatic carbocycles. The maximum atomic E-state index is 11.2. The van der Waals surface area contributed by atoms with Crippen molar-refractivity contribution in [3.05, 3.63) is 82.0 Å². The second kappa shape index (κ2) is 10.3. The number of benzene rings is 3. The van der Waals surface area contributed by atoms with Crippen molar-refractivity contribution in [1.29, 1.82) is 0 Å². The van der Waals surface area contributed by atoms with Gasteiger partial charge in [-0.15, -0.1) is 0 Å². The Morgan fingerprint density at radius 1 is 1.03 bits per heavy atom. The Morgan fingerprint density at radius 3 is 2.59 bits per heavy atom. The van der Waals surface area contributed by atoms with E-state index in [1.807, 2.05) is 66.7 Å². The Kier molecular flexibility index (Phi) is 7.06. The molecule has 32 heavy (non-hydrogen) atoms. The van der Waals surface area contributed by atoms with Gasteiger partial charge in [0.15, 0.2) is 5.00 Å². The number of thiazole rings is 1. The first kappa shape index (κ1) is 21.9. The molecule has 0 spiro atoms. The largest absolute Gasteiger partial charge is 0.492 e. The molecule has 1 unspecified atom stereocenters. The molecule has 0 fully saturated rings. The van der Waals surface area contributed by atoms with E-state index in [0.29, 0.717) is 11.5 Å². The Balaban J connectivity index is 1.18. The van der Waals surface area contributed by atoms with Crippen molar-refractivity contribution in [1.82, 2.24) is 10.3 Å². The summed E-state index contributed by atoms with van der Waals surface area (Å²) in [5, 5.41) is 28.7. The van der Waals surface area contributed by atoms with Gasteiger partial charge in [0.05, 0.1) is 0 Å². The van der Waals surface area contributed by atoms with Crippen molar-refractivity contribution < 1.29 is 14.9 Å². The third kappa shape index (κ3) is 5.67. The first-order valence-corrected chi connectivity index (χ1v) is 11.2. The SMILES string of the molecule is O=c1[nH]c(O)c(Nc2ccc(CCNCC(O)COc3cccc4ccccc34)cc2)s1. The van der Waals surface area contributed by atoms with Crippen LogP contribution in [0.4, 0.5) is 10.7 Å². The number of fused-ring (bicyclic) bond motifs is 1. The number of aliphatic hydroxyl groups is 1. The molecule has 1 heterocycles. The fraction of sp³-hybridized carbons (Fsp3) is 0.208. The van der Waals surface area contributed by atoms with Crippen LogP contribution in [0.15, 0.2) is 71.5 Å². The van der Waals surface area contributed by atoms with Crippen LogP contribution < -0.4 is 20.2 Å². The number of hydrogen-bond donors (Lipinski definition) is 5. The second-order valence-electron chi connectivity index (χ2n) is 7.41. The number of anilines is 2. The number of aliphatic hydroxyl groups excluding tert-OH is 1. The van der Waals surface area contributed by atoms with Crippen molar-refractivity contribution in [3.8, 4) is 11.6 Å². The Bertz CT molecular complexity index is 1210. The fourth-order valence-corrected chi connectivity index (χ4v) is 4.01. The quantitative estimate of drug-likeness (QED) is 0.236. The van der Waals surface area contributed by atoms with Gasteiger partial charge in [-0.3, -0.25) is 9.78 Å². The van der Waals surface area contributed by atoms with Gasteiger partial charge >= 0.3 is 4.87 Å². The second-order valence-corrected chi connectivity index (χ2v) is 8.39. The molecule has 4 rings (SSSR count). The van der Waals surface area contributed by atoms with Gasteiger partial charge in [0.25, 0.3) is 0 Å². The summed E-state index contributed by atoms with van der Waals surface area (Å²) in [7, 11) is 0. The predicted octanol–water partition coefficient (Wildman–Crippen LogP) is 3.61. The number of aromatic nitrogens is 1. The van der Waals surface area contributed by atoms with Gasteiger partial charge in [-0.1, -0.05) is 59.9 Å². The molecule has 1 atom stereocenters. The molecule has 0 bridgehead atoms. The summed E-state index contributed by atoms with van der Waals surface area (Å²) in [5.74, 6) is 0.618. The van der Waals surface area contributed by atoms with Crippen LogP contribution in [0.5, 0.6) is 11.6 Å². The van der Waals surface area contributed by atoms with E-state index in [-0.39, 0.29) is 17.4 Å². The van der Waals surface area contributed by atoms with E-state index < -0.39 is 6.10 Å². The molecule has 0 amide bonds. The normalized spacial score (nSPS) is 12.0. The Hall–Kier alpha value is -3.33. The Labute approximate surface area is 189 Å². The van der Waals surface area contributed by atoms with Crippen LogP contribution >= 0.6 is 11.3 Å². The molecule has 0 saturated heterocycles. The van der Waals surface area contributed by atoms with Gasteiger partial charge in [-0.25, -0.2) is 0 Å². The van der Waals surface area contributed by atoms with Crippen LogP contribution in [-0.2, 0) is 6.42 Å². The summed E-state index contributed by atoms with van der Waals surface area (Å²) < 4.78 is 5.83. The molecule has 0 aliphatic carbocycles. The number of aromatic amines is 1. The smallest absolute Gasteiger partial charge is 0.309 e. The number of rotatable bonds is 10. The van der Waals surface area contributed by atoms with E-state index in [2.05, 4.69) is 15.6 Å². The summed E-state index contributed by atoms with van der Waals surface area (Å²) in [6.07, 6.45) is 0.196. The molecule has 8 heteroatoms. The lowest BCUT2D eigenvalue weighted by molar-refractivity contribution is 0.107. The summed E-state index contributed by atoms with van der Waals surface area (Å²) in [4.78, 5) is 13.3. The molecule has 166 valence electrons. The van der Waals surface area contributed by atoms with Crippen LogP contribution in [0, 0.1) is 0 Å². The molecule has 0 aliphatic heterocycles. The van der Waals surface area contributed by atoms with Crippen LogP contribution in [0.2, 0.25) is 0 Å². The minimum atomic E-state index is -0.610. The zero-order chi connectivity index (χ0) is 22.3. The molecule has 1 aromatic heterocycles. The molecular weight excluding hydrogens is 426 g/mol. The summed E-state index contributed by atoms with van der Waals surface area (Å²) >= 11 is 0.920. The van der Waals surface area contributed by atoms with E-state index in [9.17, 15) is 15.0 Å². The van der Waals surface area contributed by atoms with Crippen molar-refractivity contribution >= 4 is 32.8 Å². The molecule has 5 N–H and O–H groups in total. The highest BCUT2D eigenvalue weighted by Crippen LogP contribution is 2.27. The maximum absolute atomic E-state index is 11.2. The van der Waals surface area contributed by atoms with Gasteiger partial charge in [0, 0.05) is 17.6 Å². The minimum Gasteiger partial charge on any atom is -0.492 e. The van der Waals surface area contributed by atoms with E-state index in [4.69, 9.17) is 4.74 Å². The standard InChI is InChI=1S/C24H25N3O4S/c28-19(15-31-21-7-3-5-17-4-1-2-6-20(17)21)14-25-13-12-16-8-10-18(11-9-16)26-23-22(29)27-24(30)32-23/h1-11,19,25-26,28-29H,12-15H2,(H,27,30). The first-order chi connectivity index (χ1) is 15.6. The van der Waals surface area contributed by atoms with Crippen molar-refractivity contribution in [2.45, 2.75) is 12.5 Å². The lowest BCUT2D eigenvalue weighted by atomic mass is 10.1. The number of aromatic hydroxyl groups is 1. The monoisotopic (exact) mass is 451 g/mol. The van der Waals surface area contributed by atoms with Crippen molar-refractivity contribution in [2.24, 2.45) is 0 Å². The van der Waals surface area contributed by atoms with Gasteiger partial charge in [0.1, 0.15) is 18.5 Å². The van der Waals surface area contributed by atoms with Crippen LogP contribution in [-0.4, -0.2) is 41.0 Å². The van der Waals surface area contributed by atoms with E-state index in [1.165, 1.54) is 0 Å². The minimum absolute atomic E-state index is 0.156. The third-order valence-corrected chi connectivity index (χ3v) is 5.78. The fourth-order valence-electron chi connectivity index (χ4n) is 3.36. The van der Waals surface area contributed by atoms with Gasteiger partial charge in [-0.2, -0.15) is 0 Å². The third-order valence-electron chi connectivity index (χ3n) is 4.99. The number of nitrogens with one attached hydrogen (secondary N) is 3. The number of ether oxygens (including phenoxy) is 1. The van der Waals surface area contributed by atoms with E-state index in [0.717, 1.165) is 52.1 Å². The highest BCUT2D eigenvalue weighted by Gasteiger charge is 2.08. The van der Waals surface area contributed by atoms with Gasteiger partial charge in [-0.05, 0) is 42.1 Å². The zero-order valence-electron chi connectivity index (χ0n) is 17.4. The van der Waals surface area contributed by atoms with E-state index >= 15 is 0 Å².